The highest BCUT2D eigenvalue weighted by Crippen LogP contribution is 2.38. The van der Waals surface area contributed by atoms with Gasteiger partial charge in [0.25, 0.3) is 0 Å². The van der Waals surface area contributed by atoms with E-state index in [1.165, 1.54) is 6.92 Å². The number of cyclic esters (lactones) is 1. The Bertz CT molecular complexity index is 1230. The average Bonchev–Trinajstić information content (AvgIpc) is 3.81. The Balaban J connectivity index is 1.81. The van der Waals surface area contributed by atoms with E-state index in [1.807, 2.05) is 20.8 Å². The maximum Gasteiger partial charge on any atom is 0.410 e. The van der Waals surface area contributed by atoms with Gasteiger partial charge in [-0.2, -0.15) is 0 Å². The van der Waals surface area contributed by atoms with Crippen LogP contribution in [0.25, 0.3) is 0 Å². The Morgan fingerprint density at radius 1 is 1.20 bits per heavy atom. The first-order valence-electron chi connectivity index (χ1n) is 17.9. The normalized spacial score (nSPS) is 33.3. The molecular weight excluding hydrogens is 648 g/mol. The third kappa shape index (κ3) is 12.4. The second-order valence-electron chi connectivity index (χ2n) is 14.6. The second-order valence-corrected chi connectivity index (χ2v) is 14.6. The maximum atomic E-state index is 13.4. The van der Waals surface area contributed by atoms with Crippen molar-refractivity contribution in [1.29, 1.82) is 0 Å². The molecule has 3 aliphatic heterocycles. The quantitative estimate of drug-likeness (QED) is 0.0768. The van der Waals surface area contributed by atoms with Crippen molar-refractivity contribution in [3.05, 3.63) is 36.0 Å². The molecule has 0 aromatic carbocycles. The number of allylic oxidation sites excluding steroid dienone is 2. The molecule has 13 nitrogen and oxygen atoms in total. The molecule has 0 saturated carbocycles. The van der Waals surface area contributed by atoms with Crippen LogP contribution >= 0.6 is 0 Å². The number of hydrogen-bond donors (Lipinski definition) is 4. The van der Waals surface area contributed by atoms with Crippen LogP contribution in [-0.4, -0.2) is 135 Å². The van der Waals surface area contributed by atoms with E-state index in [9.17, 15) is 34.8 Å². The van der Waals surface area contributed by atoms with Crippen molar-refractivity contribution >= 4 is 18.0 Å². The predicted octanol–water partition coefficient (Wildman–Crippen LogP) is 2.89. The lowest BCUT2D eigenvalue weighted by molar-refractivity contribution is -0.168. The van der Waals surface area contributed by atoms with Gasteiger partial charge in [-0.3, -0.25) is 14.5 Å². The van der Waals surface area contributed by atoms with Crippen LogP contribution in [0.5, 0.6) is 0 Å². The molecule has 0 bridgehead atoms. The van der Waals surface area contributed by atoms with E-state index in [-0.39, 0.29) is 44.0 Å². The molecule has 4 N–H and O–H groups in total. The minimum absolute atomic E-state index is 0.0288. The lowest BCUT2D eigenvalue weighted by atomic mass is 9.88. The van der Waals surface area contributed by atoms with E-state index in [1.54, 1.807) is 56.1 Å². The molecule has 0 aromatic rings. The third-order valence-electron chi connectivity index (χ3n) is 10.00. The molecule has 1 unspecified atom stereocenters. The molecule has 50 heavy (non-hydrogen) atoms. The van der Waals surface area contributed by atoms with Crippen LogP contribution in [0, 0.1) is 11.8 Å². The highest BCUT2D eigenvalue weighted by atomic mass is 16.6. The van der Waals surface area contributed by atoms with Gasteiger partial charge in [-0.25, -0.2) is 4.79 Å². The molecule has 0 aliphatic carbocycles. The van der Waals surface area contributed by atoms with Crippen molar-refractivity contribution in [2.24, 2.45) is 11.8 Å². The largest absolute Gasteiger partial charge is 0.457 e. The van der Waals surface area contributed by atoms with E-state index >= 15 is 0 Å². The first-order chi connectivity index (χ1) is 23.5. The van der Waals surface area contributed by atoms with Gasteiger partial charge in [-0.1, -0.05) is 45.1 Å². The van der Waals surface area contributed by atoms with Crippen molar-refractivity contribution in [2.75, 3.05) is 39.3 Å². The second kappa shape index (κ2) is 18.6. The topological polar surface area (TPSA) is 179 Å². The average molecular weight is 709 g/mol. The van der Waals surface area contributed by atoms with Crippen LogP contribution in [-0.2, 0) is 28.5 Å². The van der Waals surface area contributed by atoms with Crippen molar-refractivity contribution in [1.82, 2.24) is 9.80 Å². The molecule has 3 heterocycles. The number of hydrogen-bond acceptors (Lipinski definition) is 12. The lowest BCUT2D eigenvalue weighted by Crippen LogP contribution is -2.52. The van der Waals surface area contributed by atoms with Gasteiger partial charge >= 0.3 is 18.0 Å². The Kier molecular flexibility index (Phi) is 15.5. The summed E-state index contributed by atoms with van der Waals surface area (Å²) in [5.41, 5.74) is -1.85. The third-order valence-corrected chi connectivity index (χ3v) is 10.00. The zero-order valence-electron chi connectivity index (χ0n) is 30.8. The number of amides is 1. The van der Waals surface area contributed by atoms with Crippen LogP contribution < -0.4 is 0 Å². The highest BCUT2D eigenvalue weighted by Gasteiger charge is 2.47. The number of carbonyl (C=O) groups excluding carboxylic acids is 3. The zero-order valence-corrected chi connectivity index (χ0v) is 30.8. The number of β-amino-alcohol motifs (C(OH)–C–C–N with tert-alkyl or cyclic N) is 1. The van der Waals surface area contributed by atoms with Crippen molar-refractivity contribution in [2.45, 2.75) is 128 Å². The van der Waals surface area contributed by atoms with Crippen LogP contribution in [0.2, 0.25) is 0 Å². The summed E-state index contributed by atoms with van der Waals surface area (Å²) >= 11 is 0. The van der Waals surface area contributed by atoms with Crippen molar-refractivity contribution in [3.8, 4) is 0 Å². The fourth-order valence-corrected chi connectivity index (χ4v) is 6.71. The number of aliphatic hydroxyl groups excluding tert-OH is 3. The fraction of sp³-hybridized carbons (Fsp3) is 0.757. The number of aliphatic hydroxyl groups is 4. The molecule has 284 valence electrons. The van der Waals surface area contributed by atoms with E-state index < -0.39 is 59.6 Å². The highest BCUT2D eigenvalue weighted by molar-refractivity contribution is 5.71. The molecule has 0 aromatic heterocycles. The fourth-order valence-electron chi connectivity index (χ4n) is 6.71. The van der Waals surface area contributed by atoms with Gasteiger partial charge in [-0.15, -0.1) is 0 Å². The SMILES string of the molecule is CC[C@H](O)[C@@H](C)[C@H]1O[C@@H]1CC(C)(O)/C=C/C=C(\C)[C@H]1OC(=O)C[C@H](O)CC[C@@](C)(OC(C)=O)[C@@H](OC(=O)N2CCN(CCO)CC2)/C=C/[C@@H]1C. The van der Waals surface area contributed by atoms with Gasteiger partial charge in [-0.05, 0) is 51.7 Å². The molecule has 10 atom stereocenters. The minimum Gasteiger partial charge on any atom is -0.457 e. The van der Waals surface area contributed by atoms with E-state index in [2.05, 4.69) is 4.90 Å². The van der Waals surface area contributed by atoms with Gasteiger partial charge < -0.3 is 44.3 Å². The Labute approximate surface area is 296 Å². The summed E-state index contributed by atoms with van der Waals surface area (Å²) in [5.74, 6) is -1.63. The van der Waals surface area contributed by atoms with Crippen LogP contribution in [0.15, 0.2) is 36.0 Å². The van der Waals surface area contributed by atoms with Crippen molar-refractivity contribution in [3.63, 3.8) is 0 Å². The summed E-state index contributed by atoms with van der Waals surface area (Å²) in [6, 6.07) is 0. The number of nitrogens with zero attached hydrogens (tertiary/aromatic N) is 2. The molecule has 13 heteroatoms. The summed E-state index contributed by atoms with van der Waals surface area (Å²) in [6.07, 6.45) is 5.26. The van der Waals surface area contributed by atoms with Gasteiger partial charge in [0, 0.05) is 57.9 Å². The molecular formula is C37H60N2O11. The summed E-state index contributed by atoms with van der Waals surface area (Å²) in [5, 5.41) is 41.2. The van der Waals surface area contributed by atoms with Gasteiger partial charge in [0.1, 0.15) is 11.7 Å². The Hall–Kier alpha value is -2.81. The Morgan fingerprint density at radius 2 is 1.88 bits per heavy atom. The summed E-state index contributed by atoms with van der Waals surface area (Å²) in [6.45, 7) is 14.6. The van der Waals surface area contributed by atoms with E-state index in [0.717, 1.165) is 0 Å². The molecule has 2 fully saturated rings. The summed E-state index contributed by atoms with van der Waals surface area (Å²) < 4.78 is 23.4. The molecule has 1 amide bonds. The number of esters is 2. The lowest BCUT2D eigenvalue weighted by Gasteiger charge is -2.38. The maximum absolute atomic E-state index is 13.4. The van der Waals surface area contributed by atoms with Crippen molar-refractivity contribution < 1.29 is 53.8 Å². The van der Waals surface area contributed by atoms with E-state index in [0.29, 0.717) is 51.1 Å². The molecule has 0 radical (unpaired) electrons. The van der Waals surface area contributed by atoms with Crippen LogP contribution in [0.1, 0.15) is 80.6 Å². The van der Waals surface area contributed by atoms with Gasteiger partial charge in [0.2, 0.25) is 0 Å². The van der Waals surface area contributed by atoms with Crippen LogP contribution in [0.3, 0.4) is 0 Å². The molecule has 3 aliphatic rings. The monoisotopic (exact) mass is 708 g/mol. The number of carbonyl (C=O) groups is 3. The number of ether oxygens (including phenoxy) is 4. The van der Waals surface area contributed by atoms with E-state index in [4.69, 9.17) is 18.9 Å². The number of rotatable bonds is 12. The van der Waals surface area contributed by atoms with Gasteiger partial charge in [0.15, 0.2) is 6.10 Å². The first kappa shape index (κ1) is 41.6. The summed E-state index contributed by atoms with van der Waals surface area (Å²) in [4.78, 5) is 42.3. The standard InChI is InChI=1S/C37H60N2O11/c1-8-29(43)26(4)34-30(47-34)23-36(6,46)14-9-10-24(2)33-25(3)11-12-31(48-35(45)39-18-16-38(17-19-39)20-21-40)37(7,50-27(5)41)15-13-28(42)22-32(44)49-33/h9-12,14,25-26,28-31,33-34,40,42-43,46H,8,13,15-23H2,1-7H3/b12-11+,14-9+,24-10+/t25-,26+,28+,29-,30+,31-,33+,34+,36?,37+/m0/s1. The number of piperazine rings is 1. The molecule has 0 spiro atoms. The Morgan fingerprint density at radius 3 is 2.50 bits per heavy atom. The number of epoxide rings is 1. The summed E-state index contributed by atoms with van der Waals surface area (Å²) in [7, 11) is 0. The molecule has 2 saturated heterocycles. The van der Waals surface area contributed by atoms with Crippen LogP contribution in [0.4, 0.5) is 4.79 Å². The minimum atomic E-state index is -1.34. The zero-order chi connectivity index (χ0) is 37.2. The smallest absolute Gasteiger partial charge is 0.410 e. The van der Waals surface area contributed by atoms with Gasteiger partial charge in [0.05, 0.1) is 43.0 Å². The molecule has 3 rings (SSSR count). The predicted molar refractivity (Wildman–Crippen MR) is 186 cm³/mol. The first-order valence-corrected chi connectivity index (χ1v) is 17.9.